The van der Waals surface area contributed by atoms with Gasteiger partial charge in [0.15, 0.2) is 0 Å². The largest absolute Gasteiger partial charge is 0.271 e. The zero-order valence-corrected chi connectivity index (χ0v) is 6.97. The van der Waals surface area contributed by atoms with E-state index in [-0.39, 0.29) is 5.41 Å². The molecule has 0 aliphatic heterocycles. The van der Waals surface area contributed by atoms with Crippen LogP contribution < -0.4 is 0 Å². The molecule has 0 aromatic carbocycles. The Morgan fingerprint density at radius 2 is 2.10 bits per heavy atom. The van der Waals surface area contributed by atoms with Crippen LogP contribution in [0.1, 0.15) is 26.5 Å². The van der Waals surface area contributed by atoms with Crippen LogP contribution in [0, 0.1) is 6.20 Å². The molecule has 2 heteroatoms. The minimum Gasteiger partial charge on any atom is -0.271 e. The molecule has 0 N–H and O–H groups in total. The number of hydrogen-bond acceptors (Lipinski definition) is 1. The molecule has 0 saturated carbocycles. The first-order chi connectivity index (χ1) is 4.52. The molecule has 0 aliphatic rings. The van der Waals surface area contributed by atoms with Crippen LogP contribution in [-0.4, -0.2) is 9.78 Å². The smallest absolute Gasteiger partial charge is 0.113 e. The lowest BCUT2D eigenvalue weighted by Gasteiger charge is -2.17. The monoisotopic (exact) mass is 137 g/mol. The van der Waals surface area contributed by atoms with E-state index in [9.17, 15) is 0 Å². The fraction of sp³-hybridized carbons (Fsp3) is 0.625. The average molecular weight is 137 g/mol. The van der Waals surface area contributed by atoms with E-state index in [0.29, 0.717) is 0 Å². The second-order valence-electron chi connectivity index (χ2n) is 3.53. The summed E-state index contributed by atoms with van der Waals surface area (Å²) in [6, 6.07) is 1.93. The third-order valence-corrected chi connectivity index (χ3v) is 1.53. The van der Waals surface area contributed by atoms with Crippen LogP contribution in [0.15, 0.2) is 6.07 Å². The molecule has 0 fully saturated rings. The van der Waals surface area contributed by atoms with Crippen LogP contribution in [0.4, 0.5) is 0 Å². The summed E-state index contributed by atoms with van der Waals surface area (Å²) in [5.41, 5.74) is 1.40. The Morgan fingerprint density at radius 3 is 2.30 bits per heavy atom. The van der Waals surface area contributed by atoms with Crippen molar-refractivity contribution < 1.29 is 0 Å². The average Bonchev–Trinajstić information content (AvgIpc) is 2.11. The molecule has 1 aromatic heterocycles. The maximum atomic E-state index is 3.97. The molecule has 0 aliphatic carbocycles. The molecule has 0 atom stereocenters. The number of rotatable bonds is 0. The lowest BCUT2D eigenvalue weighted by molar-refractivity contribution is 0.523. The summed E-state index contributed by atoms with van der Waals surface area (Å²) < 4.78 is 1.86. The van der Waals surface area contributed by atoms with Crippen LogP contribution >= 0.6 is 0 Å². The van der Waals surface area contributed by atoms with Crippen molar-refractivity contribution in [2.24, 2.45) is 7.05 Å². The van der Waals surface area contributed by atoms with Gasteiger partial charge in [0.2, 0.25) is 0 Å². The lowest BCUT2D eigenvalue weighted by atomic mass is 9.92. The van der Waals surface area contributed by atoms with Gasteiger partial charge >= 0.3 is 0 Å². The molecule has 1 heterocycles. The third kappa shape index (κ3) is 1.20. The van der Waals surface area contributed by atoms with E-state index in [1.165, 1.54) is 5.69 Å². The highest BCUT2D eigenvalue weighted by molar-refractivity contribution is 5.10. The van der Waals surface area contributed by atoms with Crippen LogP contribution in [0.5, 0.6) is 0 Å². The van der Waals surface area contributed by atoms with Crippen molar-refractivity contribution in [1.29, 1.82) is 0 Å². The summed E-state index contributed by atoms with van der Waals surface area (Å²) in [6.45, 7) is 6.49. The van der Waals surface area contributed by atoms with Crippen molar-refractivity contribution in [2.45, 2.75) is 26.2 Å². The number of hydrogen-bond donors (Lipinski definition) is 0. The molecule has 0 amide bonds. The minimum absolute atomic E-state index is 0.182. The number of nitrogens with zero attached hydrogens (tertiary/aromatic N) is 2. The van der Waals surface area contributed by atoms with E-state index in [2.05, 4.69) is 32.1 Å². The zero-order valence-electron chi connectivity index (χ0n) is 6.97. The summed E-state index contributed by atoms with van der Waals surface area (Å²) >= 11 is 0. The number of aryl methyl sites for hydroxylation is 1. The van der Waals surface area contributed by atoms with Gasteiger partial charge in [0.05, 0.1) is 0 Å². The van der Waals surface area contributed by atoms with E-state index in [4.69, 9.17) is 0 Å². The Labute approximate surface area is 61.9 Å². The van der Waals surface area contributed by atoms with Gasteiger partial charge in [-0.3, -0.25) is 4.68 Å². The molecular formula is C8H13N2. The van der Waals surface area contributed by atoms with E-state index >= 15 is 0 Å². The van der Waals surface area contributed by atoms with Gasteiger partial charge in [0.25, 0.3) is 0 Å². The van der Waals surface area contributed by atoms with Gasteiger partial charge < -0.3 is 0 Å². The van der Waals surface area contributed by atoms with Crippen molar-refractivity contribution in [3.63, 3.8) is 0 Å². The van der Waals surface area contributed by atoms with Crippen molar-refractivity contribution >= 4 is 0 Å². The predicted octanol–water partition coefficient (Wildman–Crippen LogP) is 1.52. The summed E-state index contributed by atoms with van der Waals surface area (Å²) in [6.07, 6.45) is 2.82. The molecule has 2 nitrogen and oxygen atoms in total. The summed E-state index contributed by atoms with van der Waals surface area (Å²) in [4.78, 5) is 0. The summed E-state index contributed by atoms with van der Waals surface area (Å²) in [5.74, 6) is 0. The predicted molar refractivity (Wildman–Crippen MR) is 40.7 cm³/mol. The lowest BCUT2D eigenvalue weighted by Crippen LogP contribution is -2.16. The van der Waals surface area contributed by atoms with Gasteiger partial charge in [0, 0.05) is 18.2 Å². The Balaban J connectivity index is 3.05. The van der Waals surface area contributed by atoms with E-state index in [1.807, 2.05) is 17.8 Å². The second-order valence-corrected chi connectivity index (χ2v) is 3.53. The molecule has 55 valence electrons. The van der Waals surface area contributed by atoms with Crippen molar-refractivity contribution in [3.05, 3.63) is 18.0 Å². The molecule has 0 unspecified atom stereocenters. The van der Waals surface area contributed by atoms with Gasteiger partial charge in [-0.1, -0.05) is 20.8 Å². The van der Waals surface area contributed by atoms with E-state index < -0.39 is 0 Å². The summed E-state index contributed by atoms with van der Waals surface area (Å²) in [5, 5.41) is 3.97. The standard InChI is InChI=1S/C8H13N2/c1-8(2,3)7-5-6-9-10(7)4/h5H,1-4H3. The molecule has 1 radical (unpaired) electrons. The van der Waals surface area contributed by atoms with Crippen molar-refractivity contribution in [1.82, 2.24) is 9.78 Å². The summed E-state index contributed by atoms with van der Waals surface area (Å²) in [7, 11) is 1.94. The number of aromatic nitrogens is 2. The molecule has 10 heavy (non-hydrogen) atoms. The molecule has 0 spiro atoms. The Bertz CT molecular complexity index is 217. The first-order valence-corrected chi connectivity index (χ1v) is 3.42. The van der Waals surface area contributed by atoms with Crippen molar-refractivity contribution in [2.75, 3.05) is 0 Å². The van der Waals surface area contributed by atoms with Gasteiger partial charge in [-0.25, -0.2) is 0 Å². The quantitative estimate of drug-likeness (QED) is 0.530. The maximum absolute atomic E-state index is 3.97. The van der Waals surface area contributed by atoms with Crippen molar-refractivity contribution in [3.8, 4) is 0 Å². The zero-order chi connectivity index (χ0) is 7.78. The van der Waals surface area contributed by atoms with Gasteiger partial charge in [-0.2, -0.15) is 5.10 Å². The highest BCUT2D eigenvalue weighted by Gasteiger charge is 2.16. The fourth-order valence-corrected chi connectivity index (χ4v) is 1.03. The molecule has 1 aromatic rings. The first-order valence-electron chi connectivity index (χ1n) is 3.42. The second kappa shape index (κ2) is 2.11. The Morgan fingerprint density at radius 1 is 1.50 bits per heavy atom. The SMILES string of the molecule is Cn1n[c]cc1C(C)(C)C. The minimum atomic E-state index is 0.182. The van der Waals surface area contributed by atoms with Crippen LogP contribution in [0.3, 0.4) is 0 Å². The van der Waals surface area contributed by atoms with Gasteiger partial charge in [0.1, 0.15) is 6.20 Å². The van der Waals surface area contributed by atoms with E-state index in [1.54, 1.807) is 0 Å². The van der Waals surface area contributed by atoms with Crippen LogP contribution in [0.2, 0.25) is 0 Å². The highest BCUT2D eigenvalue weighted by Crippen LogP contribution is 2.19. The van der Waals surface area contributed by atoms with Gasteiger partial charge in [-0.05, 0) is 6.07 Å². The topological polar surface area (TPSA) is 17.8 Å². The highest BCUT2D eigenvalue weighted by atomic mass is 15.3. The Kier molecular flexibility index (Phi) is 1.55. The van der Waals surface area contributed by atoms with E-state index in [0.717, 1.165) is 0 Å². The maximum Gasteiger partial charge on any atom is 0.113 e. The first kappa shape index (κ1) is 7.32. The molecule has 0 saturated heterocycles. The molecule has 0 bridgehead atoms. The third-order valence-electron chi connectivity index (χ3n) is 1.53. The van der Waals surface area contributed by atoms with Crippen LogP contribution in [-0.2, 0) is 12.5 Å². The Hall–Kier alpha value is -0.790. The molecular weight excluding hydrogens is 124 g/mol. The normalized spacial score (nSPS) is 12.0. The molecule has 1 rings (SSSR count). The van der Waals surface area contributed by atoms with Gasteiger partial charge in [-0.15, -0.1) is 0 Å². The van der Waals surface area contributed by atoms with Crippen LogP contribution in [0.25, 0.3) is 0 Å². The fourth-order valence-electron chi connectivity index (χ4n) is 1.03.